The maximum absolute atomic E-state index is 13.6. The van der Waals surface area contributed by atoms with E-state index < -0.39 is 23.7 Å². The van der Waals surface area contributed by atoms with Crippen molar-refractivity contribution in [3.63, 3.8) is 0 Å². The molecular weight excluding hydrogens is 421 g/mol. The van der Waals surface area contributed by atoms with Crippen LogP contribution >= 0.6 is 15.9 Å². The fourth-order valence-corrected chi connectivity index (χ4v) is 3.14. The molecule has 1 aromatic heterocycles. The van der Waals surface area contributed by atoms with Crippen LogP contribution in [-0.4, -0.2) is 29.0 Å². The van der Waals surface area contributed by atoms with Gasteiger partial charge in [-0.3, -0.25) is 4.79 Å². The van der Waals surface area contributed by atoms with Crippen molar-refractivity contribution in [3.05, 3.63) is 70.0 Å². The molecule has 1 unspecified atom stereocenters. The van der Waals surface area contributed by atoms with Crippen molar-refractivity contribution in [2.75, 3.05) is 7.05 Å². The van der Waals surface area contributed by atoms with E-state index in [1.807, 2.05) is 37.3 Å². The SMILES string of the molecule is CCCC(c1ccccc1)N(C)C(=O)/C(=C/c1cccc(Br)n1)C(F)(F)F. The van der Waals surface area contributed by atoms with Crippen LogP contribution in [0, 0.1) is 0 Å². The second-order valence-corrected chi connectivity index (χ2v) is 6.88. The number of pyridine rings is 1. The summed E-state index contributed by atoms with van der Waals surface area (Å²) in [6.45, 7) is 1.93. The predicted molar refractivity (Wildman–Crippen MR) is 103 cm³/mol. The van der Waals surface area contributed by atoms with Gasteiger partial charge in [-0.2, -0.15) is 13.2 Å². The van der Waals surface area contributed by atoms with E-state index in [9.17, 15) is 18.0 Å². The van der Waals surface area contributed by atoms with Crippen LogP contribution in [-0.2, 0) is 4.79 Å². The Bertz CT molecular complexity index is 806. The number of carbonyl (C=O) groups excluding carboxylic acids is 1. The normalized spacial score (nSPS) is 13.3. The maximum atomic E-state index is 13.6. The molecule has 1 aromatic carbocycles. The van der Waals surface area contributed by atoms with Crippen molar-refractivity contribution in [2.24, 2.45) is 0 Å². The summed E-state index contributed by atoms with van der Waals surface area (Å²) in [7, 11) is 1.41. The minimum atomic E-state index is -4.79. The lowest BCUT2D eigenvalue weighted by Gasteiger charge is -2.30. The van der Waals surface area contributed by atoms with Crippen LogP contribution in [0.2, 0.25) is 0 Å². The van der Waals surface area contributed by atoms with E-state index in [0.29, 0.717) is 11.0 Å². The van der Waals surface area contributed by atoms with E-state index in [1.54, 1.807) is 12.1 Å². The van der Waals surface area contributed by atoms with Crippen molar-refractivity contribution < 1.29 is 18.0 Å². The van der Waals surface area contributed by atoms with Gasteiger partial charge in [0.25, 0.3) is 5.91 Å². The van der Waals surface area contributed by atoms with Gasteiger partial charge < -0.3 is 4.90 Å². The summed E-state index contributed by atoms with van der Waals surface area (Å²) in [6, 6.07) is 13.2. The third-order valence-electron chi connectivity index (χ3n) is 4.10. The average molecular weight is 441 g/mol. The van der Waals surface area contributed by atoms with Gasteiger partial charge in [-0.05, 0) is 46.1 Å². The number of hydrogen-bond acceptors (Lipinski definition) is 2. The van der Waals surface area contributed by atoms with Gasteiger partial charge >= 0.3 is 6.18 Å². The van der Waals surface area contributed by atoms with E-state index in [0.717, 1.165) is 23.0 Å². The molecule has 2 rings (SSSR count). The largest absolute Gasteiger partial charge is 0.421 e. The molecule has 0 aliphatic rings. The standard InChI is InChI=1S/C20H20BrF3N2O/c1-3-8-17(14-9-5-4-6-10-14)26(2)19(27)16(20(22,23)24)13-15-11-7-12-18(21)25-15/h4-7,9-13,17H,3,8H2,1-2H3/b16-13-. The van der Waals surface area contributed by atoms with Gasteiger partial charge in [0.05, 0.1) is 11.7 Å². The van der Waals surface area contributed by atoms with Crippen molar-refractivity contribution in [1.82, 2.24) is 9.88 Å². The minimum absolute atomic E-state index is 0.0604. The fraction of sp³-hybridized carbons (Fsp3) is 0.300. The van der Waals surface area contributed by atoms with Crippen molar-refractivity contribution >= 4 is 27.9 Å². The molecule has 0 aliphatic heterocycles. The molecule has 1 amide bonds. The first-order valence-corrected chi connectivity index (χ1v) is 9.27. The summed E-state index contributed by atoms with van der Waals surface area (Å²) >= 11 is 3.13. The van der Waals surface area contributed by atoms with E-state index in [-0.39, 0.29) is 5.69 Å². The van der Waals surface area contributed by atoms with Crippen LogP contribution in [0.5, 0.6) is 0 Å². The number of rotatable bonds is 6. The van der Waals surface area contributed by atoms with E-state index in [4.69, 9.17) is 0 Å². The van der Waals surface area contributed by atoms with Gasteiger partial charge in [0.1, 0.15) is 10.2 Å². The summed E-state index contributed by atoms with van der Waals surface area (Å²) in [5, 5.41) is 0. The molecule has 7 heteroatoms. The minimum Gasteiger partial charge on any atom is -0.335 e. The molecule has 144 valence electrons. The number of aromatic nitrogens is 1. The number of nitrogens with zero attached hydrogens (tertiary/aromatic N) is 2. The Balaban J connectivity index is 2.41. The van der Waals surface area contributed by atoms with Crippen LogP contribution in [0.15, 0.2) is 58.7 Å². The summed E-state index contributed by atoms with van der Waals surface area (Å²) in [6.07, 6.45) is -2.71. The Morgan fingerprint density at radius 2 is 1.85 bits per heavy atom. The molecule has 0 saturated carbocycles. The van der Waals surface area contributed by atoms with Crippen LogP contribution in [0.4, 0.5) is 13.2 Å². The zero-order chi connectivity index (χ0) is 20.0. The molecular formula is C20H20BrF3N2O. The Kier molecular flexibility index (Phi) is 7.18. The summed E-state index contributed by atoms with van der Waals surface area (Å²) in [4.78, 5) is 17.9. The lowest BCUT2D eigenvalue weighted by atomic mass is 10.00. The van der Waals surface area contributed by atoms with Gasteiger partial charge in [-0.25, -0.2) is 4.98 Å². The molecule has 1 heterocycles. The third kappa shape index (κ3) is 5.66. The quantitative estimate of drug-likeness (QED) is 0.420. The molecule has 0 radical (unpaired) electrons. The van der Waals surface area contributed by atoms with Crippen LogP contribution in [0.25, 0.3) is 6.08 Å². The second-order valence-electron chi connectivity index (χ2n) is 6.07. The van der Waals surface area contributed by atoms with Crippen molar-refractivity contribution in [3.8, 4) is 0 Å². The highest BCUT2D eigenvalue weighted by atomic mass is 79.9. The highest BCUT2D eigenvalue weighted by Crippen LogP contribution is 2.32. The number of alkyl halides is 3. The second kappa shape index (κ2) is 9.17. The molecule has 0 fully saturated rings. The van der Waals surface area contributed by atoms with E-state index >= 15 is 0 Å². The van der Waals surface area contributed by atoms with Crippen LogP contribution in [0.3, 0.4) is 0 Å². The van der Waals surface area contributed by atoms with Crippen LogP contribution in [0.1, 0.15) is 37.1 Å². The molecule has 0 N–H and O–H groups in total. The Morgan fingerprint density at radius 3 is 2.41 bits per heavy atom. The molecule has 0 aliphatic carbocycles. The average Bonchev–Trinajstić information content (AvgIpc) is 2.63. The fourth-order valence-electron chi connectivity index (χ4n) is 2.78. The van der Waals surface area contributed by atoms with Gasteiger partial charge in [-0.15, -0.1) is 0 Å². The highest BCUT2D eigenvalue weighted by Gasteiger charge is 2.41. The monoisotopic (exact) mass is 440 g/mol. The molecule has 0 bridgehead atoms. The Morgan fingerprint density at radius 1 is 1.19 bits per heavy atom. The molecule has 0 spiro atoms. The van der Waals surface area contributed by atoms with Gasteiger partial charge in [0, 0.05) is 7.05 Å². The Hall–Kier alpha value is -2.15. The number of halogens is 4. The van der Waals surface area contributed by atoms with E-state index in [1.165, 1.54) is 13.1 Å². The summed E-state index contributed by atoms with van der Waals surface area (Å²) < 4.78 is 41.2. The van der Waals surface area contributed by atoms with E-state index in [2.05, 4.69) is 20.9 Å². The van der Waals surface area contributed by atoms with Gasteiger partial charge in [0.2, 0.25) is 0 Å². The van der Waals surface area contributed by atoms with Gasteiger partial charge in [0.15, 0.2) is 0 Å². The molecule has 3 nitrogen and oxygen atoms in total. The first-order chi connectivity index (χ1) is 12.7. The highest BCUT2D eigenvalue weighted by molar-refractivity contribution is 9.10. The lowest BCUT2D eigenvalue weighted by Crippen LogP contribution is -2.36. The zero-order valence-electron chi connectivity index (χ0n) is 15.0. The zero-order valence-corrected chi connectivity index (χ0v) is 16.6. The Labute approximate surface area is 165 Å². The first-order valence-electron chi connectivity index (χ1n) is 8.47. The topological polar surface area (TPSA) is 33.2 Å². The molecule has 0 saturated heterocycles. The molecule has 27 heavy (non-hydrogen) atoms. The smallest absolute Gasteiger partial charge is 0.335 e. The number of carbonyl (C=O) groups is 1. The number of likely N-dealkylation sites (N-methyl/N-ethyl adjacent to an activating group) is 1. The summed E-state index contributed by atoms with van der Waals surface area (Å²) in [5.74, 6) is -1.08. The number of benzene rings is 1. The van der Waals surface area contributed by atoms with Crippen molar-refractivity contribution in [2.45, 2.75) is 32.0 Å². The third-order valence-corrected chi connectivity index (χ3v) is 4.54. The van der Waals surface area contributed by atoms with Crippen LogP contribution < -0.4 is 0 Å². The summed E-state index contributed by atoms with van der Waals surface area (Å²) in [5.41, 5.74) is -0.379. The molecule has 1 atom stereocenters. The molecule has 2 aromatic rings. The first kappa shape index (κ1) is 21.2. The number of amides is 1. The predicted octanol–water partition coefficient (Wildman–Crippen LogP) is 5.79. The van der Waals surface area contributed by atoms with Gasteiger partial charge in [-0.1, -0.05) is 49.7 Å². The number of hydrogen-bond donors (Lipinski definition) is 0. The lowest BCUT2D eigenvalue weighted by molar-refractivity contribution is -0.140. The maximum Gasteiger partial charge on any atom is 0.421 e. The van der Waals surface area contributed by atoms with Crippen molar-refractivity contribution in [1.29, 1.82) is 0 Å².